The summed E-state index contributed by atoms with van der Waals surface area (Å²) >= 11 is 0. The Morgan fingerprint density at radius 3 is 2.25 bits per heavy atom. The molecule has 2 rings (SSSR count). The van der Waals surface area contributed by atoms with E-state index in [0.29, 0.717) is 29.9 Å². The van der Waals surface area contributed by atoms with Crippen LogP contribution in [0, 0.1) is 11.8 Å². The van der Waals surface area contributed by atoms with Crippen LogP contribution in [0.25, 0.3) is 0 Å². The van der Waals surface area contributed by atoms with E-state index in [2.05, 4.69) is 31.0 Å². The van der Waals surface area contributed by atoms with Crippen LogP contribution in [0.3, 0.4) is 0 Å². The Balaban J connectivity index is 0.00000392. The lowest BCUT2D eigenvalue weighted by atomic mass is 9.92. The van der Waals surface area contributed by atoms with Gasteiger partial charge in [0.1, 0.15) is 0 Å². The minimum atomic E-state index is 0. The summed E-state index contributed by atoms with van der Waals surface area (Å²) in [5.41, 5.74) is 1.06. The fraction of sp³-hybridized carbons (Fsp3) is 0.667. The number of piperidine rings is 1. The lowest BCUT2D eigenvalue weighted by Crippen LogP contribution is -2.48. The van der Waals surface area contributed by atoms with Gasteiger partial charge in [-0.2, -0.15) is 0 Å². The van der Waals surface area contributed by atoms with Crippen molar-refractivity contribution in [3.05, 3.63) is 17.7 Å². The molecular weight excluding hydrogens is 469 g/mol. The maximum atomic E-state index is 5.58. The molecule has 0 spiro atoms. The minimum Gasteiger partial charge on any atom is -0.493 e. The van der Waals surface area contributed by atoms with Gasteiger partial charge in [0.15, 0.2) is 17.5 Å². The van der Waals surface area contributed by atoms with Gasteiger partial charge in [-0.3, -0.25) is 4.99 Å². The molecule has 0 saturated carbocycles. The van der Waals surface area contributed by atoms with Crippen molar-refractivity contribution in [2.75, 3.05) is 47.5 Å². The van der Waals surface area contributed by atoms with Crippen LogP contribution in [0.1, 0.15) is 32.8 Å². The third-order valence-electron chi connectivity index (χ3n) is 4.93. The van der Waals surface area contributed by atoms with Crippen molar-refractivity contribution in [1.29, 1.82) is 0 Å². The highest BCUT2D eigenvalue weighted by atomic mass is 127. The average Bonchev–Trinajstić information content (AvgIpc) is 2.65. The maximum Gasteiger partial charge on any atom is 0.203 e. The molecule has 1 aliphatic heterocycles. The summed E-state index contributed by atoms with van der Waals surface area (Å²) in [4.78, 5) is 7.28. The molecule has 28 heavy (non-hydrogen) atoms. The number of guanidine groups is 1. The van der Waals surface area contributed by atoms with Gasteiger partial charge in [-0.1, -0.05) is 19.9 Å². The van der Waals surface area contributed by atoms with E-state index in [1.54, 1.807) is 21.3 Å². The highest BCUT2D eigenvalue weighted by molar-refractivity contribution is 14.0. The number of nitrogens with one attached hydrogen (secondary N) is 1. The monoisotopic (exact) mass is 505 g/mol. The fourth-order valence-corrected chi connectivity index (χ4v) is 3.90. The van der Waals surface area contributed by atoms with Gasteiger partial charge in [0.05, 0.1) is 21.3 Å². The molecule has 1 fully saturated rings. The SMILES string of the molecule is CCNC(=NCCc1ccc(OC)c(OC)c1OC)N1CC(C)CC(C)C1.I. The number of benzene rings is 1. The van der Waals surface area contributed by atoms with Crippen molar-refractivity contribution in [3.8, 4) is 17.2 Å². The zero-order valence-electron chi connectivity index (χ0n) is 18.1. The second-order valence-corrected chi connectivity index (χ2v) is 7.33. The molecule has 0 bridgehead atoms. The number of nitrogens with zero attached hydrogens (tertiary/aromatic N) is 2. The Labute approximate surface area is 187 Å². The number of aliphatic imine (C=N–C) groups is 1. The Hall–Kier alpha value is -1.38. The maximum absolute atomic E-state index is 5.58. The standard InChI is InChI=1S/C21H35N3O3.HI/c1-7-22-21(24-13-15(2)12-16(3)14-24)23-11-10-17-8-9-18(25-4)20(27-6)19(17)26-5;/h8-9,15-16H,7,10-14H2,1-6H3,(H,22,23);1H. The van der Waals surface area contributed by atoms with Crippen molar-refractivity contribution < 1.29 is 14.2 Å². The molecule has 1 aromatic carbocycles. The van der Waals surface area contributed by atoms with Gasteiger partial charge in [-0.25, -0.2) is 0 Å². The second-order valence-electron chi connectivity index (χ2n) is 7.33. The zero-order chi connectivity index (χ0) is 19.8. The molecule has 0 amide bonds. The predicted molar refractivity (Wildman–Crippen MR) is 126 cm³/mol. The normalized spacial score (nSPS) is 19.6. The Morgan fingerprint density at radius 2 is 1.71 bits per heavy atom. The Morgan fingerprint density at radius 1 is 1.07 bits per heavy atom. The number of rotatable bonds is 7. The molecule has 2 unspecified atom stereocenters. The van der Waals surface area contributed by atoms with Crippen LogP contribution in [0.2, 0.25) is 0 Å². The summed E-state index contributed by atoms with van der Waals surface area (Å²) in [6.45, 7) is 10.4. The van der Waals surface area contributed by atoms with Crippen LogP contribution in [-0.4, -0.2) is 58.4 Å². The molecule has 1 aliphatic rings. The molecule has 0 aliphatic carbocycles. The summed E-state index contributed by atoms with van der Waals surface area (Å²) in [6.07, 6.45) is 2.07. The smallest absolute Gasteiger partial charge is 0.203 e. The van der Waals surface area contributed by atoms with Gasteiger partial charge in [-0.15, -0.1) is 24.0 Å². The highest BCUT2D eigenvalue weighted by Crippen LogP contribution is 2.39. The predicted octanol–water partition coefficient (Wildman–Crippen LogP) is 3.82. The quantitative estimate of drug-likeness (QED) is 0.347. The van der Waals surface area contributed by atoms with E-state index < -0.39 is 0 Å². The van der Waals surface area contributed by atoms with Crippen molar-refractivity contribution in [2.24, 2.45) is 16.8 Å². The first-order valence-corrected chi connectivity index (χ1v) is 9.85. The van der Waals surface area contributed by atoms with Gasteiger partial charge < -0.3 is 24.4 Å². The first-order valence-electron chi connectivity index (χ1n) is 9.85. The number of ether oxygens (including phenoxy) is 3. The molecule has 160 valence electrons. The molecule has 1 heterocycles. The first-order chi connectivity index (χ1) is 13.0. The van der Waals surface area contributed by atoms with Gasteiger partial charge in [0.2, 0.25) is 5.75 Å². The van der Waals surface area contributed by atoms with Gasteiger partial charge in [0.25, 0.3) is 0 Å². The largest absolute Gasteiger partial charge is 0.493 e. The first kappa shape index (κ1) is 24.7. The third-order valence-corrected chi connectivity index (χ3v) is 4.93. The van der Waals surface area contributed by atoms with E-state index in [-0.39, 0.29) is 24.0 Å². The number of hydrogen-bond acceptors (Lipinski definition) is 4. The molecule has 2 atom stereocenters. The number of halogens is 1. The van der Waals surface area contributed by atoms with Crippen LogP contribution in [0.5, 0.6) is 17.2 Å². The van der Waals surface area contributed by atoms with Crippen molar-refractivity contribution >= 4 is 29.9 Å². The van der Waals surface area contributed by atoms with Crippen molar-refractivity contribution in [2.45, 2.75) is 33.6 Å². The number of likely N-dealkylation sites (tertiary alicyclic amines) is 1. The van der Waals surface area contributed by atoms with E-state index in [9.17, 15) is 0 Å². The summed E-state index contributed by atoms with van der Waals surface area (Å²) in [6, 6.07) is 3.94. The van der Waals surface area contributed by atoms with Crippen LogP contribution in [0.4, 0.5) is 0 Å². The van der Waals surface area contributed by atoms with Crippen LogP contribution >= 0.6 is 24.0 Å². The molecule has 0 aromatic heterocycles. The molecule has 1 N–H and O–H groups in total. The van der Waals surface area contributed by atoms with E-state index in [0.717, 1.165) is 43.3 Å². The average molecular weight is 505 g/mol. The number of methoxy groups -OCH3 is 3. The zero-order valence-corrected chi connectivity index (χ0v) is 20.4. The Bertz CT molecular complexity index is 630. The number of hydrogen-bond donors (Lipinski definition) is 1. The molecule has 6 nitrogen and oxygen atoms in total. The fourth-order valence-electron chi connectivity index (χ4n) is 3.90. The lowest BCUT2D eigenvalue weighted by Gasteiger charge is -2.37. The molecule has 1 aromatic rings. The highest BCUT2D eigenvalue weighted by Gasteiger charge is 2.24. The lowest BCUT2D eigenvalue weighted by molar-refractivity contribution is 0.208. The van der Waals surface area contributed by atoms with Gasteiger partial charge >= 0.3 is 0 Å². The Kier molecular flexibility index (Phi) is 10.8. The van der Waals surface area contributed by atoms with Crippen molar-refractivity contribution in [1.82, 2.24) is 10.2 Å². The summed E-state index contributed by atoms with van der Waals surface area (Å²) in [5, 5.41) is 3.45. The van der Waals surface area contributed by atoms with Crippen LogP contribution in [0.15, 0.2) is 17.1 Å². The molecular formula is C21H36IN3O3. The summed E-state index contributed by atoms with van der Waals surface area (Å²) in [5.74, 6) is 4.43. The van der Waals surface area contributed by atoms with Crippen molar-refractivity contribution in [3.63, 3.8) is 0 Å². The molecule has 7 heteroatoms. The molecule has 0 radical (unpaired) electrons. The van der Waals surface area contributed by atoms with E-state index in [4.69, 9.17) is 19.2 Å². The van der Waals surface area contributed by atoms with E-state index >= 15 is 0 Å². The van der Waals surface area contributed by atoms with E-state index in [1.807, 2.05) is 12.1 Å². The summed E-state index contributed by atoms with van der Waals surface area (Å²) < 4.78 is 16.4. The van der Waals surface area contributed by atoms with Crippen LogP contribution in [-0.2, 0) is 6.42 Å². The van der Waals surface area contributed by atoms with Gasteiger partial charge in [-0.05, 0) is 37.7 Å². The van der Waals surface area contributed by atoms with Crippen LogP contribution < -0.4 is 19.5 Å². The molecule has 1 saturated heterocycles. The topological polar surface area (TPSA) is 55.3 Å². The van der Waals surface area contributed by atoms with E-state index in [1.165, 1.54) is 6.42 Å². The third kappa shape index (κ3) is 6.32. The van der Waals surface area contributed by atoms with Gasteiger partial charge in [0, 0.05) is 31.7 Å². The summed E-state index contributed by atoms with van der Waals surface area (Å²) in [7, 11) is 4.92. The second kappa shape index (κ2) is 12.2. The minimum absolute atomic E-state index is 0.